The quantitative estimate of drug-likeness (QED) is 0.357. The van der Waals surface area contributed by atoms with E-state index in [1.54, 1.807) is 25.3 Å². The van der Waals surface area contributed by atoms with Gasteiger partial charge in [0.05, 0.1) is 7.11 Å². The molecule has 0 spiro atoms. The lowest BCUT2D eigenvalue weighted by molar-refractivity contribution is 0.407. The summed E-state index contributed by atoms with van der Waals surface area (Å²) in [6.45, 7) is 0.438. The summed E-state index contributed by atoms with van der Waals surface area (Å²) in [5.41, 5.74) is 8.96. The van der Waals surface area contributed by atoms with Gasteiger partial charge in [-0.25, -0.2) is 0 Å². The van der Waals surface area contributed by atoms with Gasteiger partial charge in [-0.2, -0.15) is 0 Å². The molecule has 0 radical (unpaired) electrons. The molecule has 1 N–H and O–H groups in total. The molecule has 1 rings (SSSR count). The second kappa shape index (κ2) is 6.37. The predicted octanol–water partition coefficient (Wildman–Crippen LogP) is 3.11. The molecule has 0 fully saturated rings. The number of phenolic OH excluding ortho intramolecular Hbond substituents is 1. The summed E-state index contributed by atoms with van der Waals surface area (Å²) in [5.74, 6) is 0.781. The van der Waals surface area contributed by atoms with Crippen LogP contribution in [0.15, 0.2) is 29.4 Å². The first-order valence-electron chi connectivity index (χ1n) is 4.82. The molecule has 0 unspecified atom stereocenters. The van der Waals surface area contributed by atoms with Crippen molar-refractivity contribution in [1.29, 1.82) is 0 Å². The van der Waals surface area contributed by atoms with E-state index in [4.69, 9.17) is 10.3 Å². The number of nitrogens with zero attached hydrogens (tertiary/aromatic N) is 3. The molecule has 16 heavy (non-hydrogen) atoms. The molecule has 0 saturated heterocycles. The van der Waals surface area contributed by atoms with Gasteiger partial charge in [0.15, 0.2) is 0 Å². The first kappa shape index (κ1) is 11.9. The van der Waals surface area contributed by atoms with Crippen molar-refractivity contribution in [2.75, 3.05) is 13.7 Å². The Morgan fingerprint density at radius 3 is 3.06 bits per heavy atom. The van der Waals surface area contributed by atoms with Crippen molar-refractivity contribution in [3.8, 4) is 11.5 Å². The molecule has 0 aliphatic heterocycles. The third-order valence-electron chi connectivity index (χ3n) is 1.97. The van der Waals surface area contributed by atoms with E-state index in [2.05, 4.69) is 10.0 Å². The number of aromatic hydroxyl groups is 1. The number of methoxy groups -OCH3 is 1. The maximum Gasteiger partial charge on any atom is 0.129 e. The van der Waals surface area contributed by atoms with Gasteiger partial charge in [0.25, 0.3) is 0 Å². The van der Waals surface area contributed by atoms with Gasteiger partial charge >= 0.3 is 0 Å². The fourth-order valence-electron chi connectivity index (χ4n) is 1.22. The number of hydrogen-bond acceptors (Lipinski definition) is 3. The first-order valence-corrected chi connectivity index (χ1v) is 4.82. The molecule has 0 atom stereocenters. The van der Waals surface area contributed by atoms with E-state index in [1.807, 2.05) is 12.2 Å². The third-order valence-corrected chi connectivity index (χ3v) is 1.97. The fraction of sp³-hybridized carbons (Fsp3) is 0.273. The van der Waals surface area contributed by atoms with Crippen LogP contribution >= 0.6 is 0 Å². The monoisotopic (exact) mass is 219 g/mol. The number of benzene rings is 1. The van der Waals surface area contributed by atoms with Crippen molar-refractivity contribution >= 4 is 6.08 Å². The summed E-state index contributed by atoms with van der Waals surface area (Å²) >= 11 is 0. The number of azide groups is 1. The summed E-state index contributed by atoms with van der Waals surface area (Å²) in [6, 6.07) is 4.90. The molecule has 0 aromatic heterocycles. The molecule has 0 aliphatic carbocycles. The van der Waals surface area contributed by atoms with E-state index in [0.29, 0.717) is 18.7 Å². The highest BCUT2D eigenvalue weighted by molar-refractivity contribution is 5.58. The molecule has 0 amide bonds. The molecule has 0 bridgehead atoms. The van der Waals surface area contributed by atoms with Gasteiger partial charge < -0.3 is 9.84 Å². The molecule has 5 heteroatoms. The smallest absolute Gasteiger partial charge is 0.129 e. The summed E-state index contributed by atoms with van der Waals surface area (Å²) in [5, 5.41) is 12.7. The lowest BCUT2D eigenvalue weighted by Gasteiger charge is -2.04. The largest absolute Gasteiger partial charge is 0.508 e. The zero-order valence-corrected chi connectivity index (χ0v) is 9.00. The minimum Gasteiger partial charge on any atom is -0.508 e. The topological polar surface area (TPSA) is 78.2 Å². The molecule has 84 valence electrons. The Morgan fingerprint density at radius 1 is 1.56 bits per heavy atom. The molecule has 0 aliphatic rings. The zero-order chi connectivity index (χ0) is 11.8. The summed E-state index contributed by atoms with van der Waals surface area (Å²) in [4.78, 5) is 2.66. The van der Waals surface area contributed by atoms with Crippen LogP contribution in [0.3, 0.4) is 0 Å². The van der Waals surface area contributed by atoms with Gasteiger partial charge in [-0.15, -0.1) is 0 Å². The van der Waals surface area contributed by atoms with Crippen LogP contribution in [0.5, 0.6) is 11.5 Å². The second-order valence-corrected chi connectivity index (χ2v) is 3.07. The molecule has 0 heterocycles. The number of hydrogen-bond donors (Lipinski definition) is 1. The first-order chi connectivity index (χ1) is 7.77. The summed E-state index contributed by atoms with van der Waals surface area (Å²) < 4.78 is 5.11. The Labute approximate surface area is 93.6 Å². The highest BCUT2D eigenvalue weighted by Crippen LogP contribution is 2.24. The Balaban J connectivity index is 2.68. The van der Waals surface area contributed by atoms with Gasteiger partial charge in [-0.3, -0.25) is 0 Å². The Morgan fingerprint density at radius 2 is 2.38 bits per heavy atom. The van der Waals surface area contributed by atoms with Crippen molar-refractivity contribution in [3.63, 3.8) is 0 Å². The average Bonchev–Trinajstić information content (AvgIpc) is 2.30. The van der Waals surface area contributed by atoms with E-state index < -0.39 is 0 Å². The van der Waals surface area contributed by atoms with E-state index in [1.165, 1.54) is 0 Å². The molecular formula is C11H13N3O2. The van der Waals surface area contributed by atoms with Crippen LogP contribution in [0.25, 0.3) is 16.5 Å². The molecular weight excluding hydrogens is 206 g/mol. The lowest BCUT2D eigenvalue weighted by atomic mass is 10.1. The van der Waals surface area contributed by atoms with Gasteiger partial charge in [0, 0.05) is 23.1 Å². The van der Waals surface area contributed by atoms with Crippen molar-refractivity contribution in [3.05, 3.63) is 40.3 Å². The lowest BCUT2D eigenvalue weighted by Crippen LogP contribution is -1.86. The molecule has 1 aromatic rings. The maximum atomic E-state index is 9.25. The van der Waals surface area contributed by atoms with Crippen molar-refractivity contribution in [1.82, 2.24) is 0 Å². The SMILES string of the molecule is COc1cc(O)ccc1C=CCCN=[N+]=[N-]. The Bertz CT molecular complexity index is 423. The zero-order valence-electron chi connectivity index (χ0n) is 9.00. The maximum absolute atomic E-state index is 9.25. The van der Waals surface area contributed by atoms with Crippen molar-refractivity contribution in [2.24, 2.45) is 5.11 Å². The minimum absolute atomic E-state index is 0.170. The number of rotatable bonds is 5. The summed E-state index contributed by atoms with van der Waals surface area (Å²) in [6.07, 6.45) is 4.43. The van der Waals surface area contributed by atoms with Gasteiger partial charge in [0.1, 0.15) is 11.5 Å². The Kier molecular flexibility index (Phi) is 4.76. The number of ether oxygens (including phenoxy) is 1. The Hall–Kier alpha value is -2.13. The van der Waals surface area contributed by atoms with Gasteiger partial charge in [-0.1, -0.05) is 17.3 Å². The van der Waals surface area contributed by atoms with Crippen LogP contribution in [0.1, 0.15) is 12.0 Å². The van der Waals surface area contributed by atoms with Crippen molar-refractivity contribution in [2.45, 2.75) is 6.42 Å². The molecule has 0 saturated carbocycles. The van der Waals surface area contributed by atoms with Crippen LogP contribution in [0.4, 0.5) is 0 Å². The van der Waals surface area contributed by atoms with Crippen molar-refractivity contribution < 1.29 is 9.84 Å². The van der Waals surface area contributed by atoms with Crippen LogP contribution in [-0.2, 0) is 0 Å². The third kappa shape index (κ3) is 3.55. The predicted molar refractivity (Wildman–Crippen MR) is 62.3 cm³/mol. The minimum atomic E-state index is 0.170. The van der Waals surface area contributed by atoms with Gasteiger partial charge in [-0.05, 0) is 24.1 Å². The normalized spacial score (nSPS) is 10.1. The van der Waals surface area contributed by atoms with E-state index in [-0.39, 0.29) is 5.75 Å². The molecule has 1 aromatic carbocycles. The highest BCUT2D eigenvalue weighted by Gasteiger charge is 1.99. The van der Waals surface area contributed by atoms with E-state index in [9.17, 15) is 5.11 Å². The van der Waals surface area contributed by atoms with Crippen LogP contribution in [0.2, 0.25) is 0 Å². The van der Waals surface area contributed by atoms with E-state index in [0.717, 1.165) is 5.56 Å². The van der Waals surface area contributed by atoms with Crippen LogP contribution < -0.4 is 4.74 Å². The van der Waals surface area contributed by atoms with Crippen LogP contribution in [0, 0.1) is 0 Å². The fourth-order valence-corrected chi connectivity index (χ4v) is 1.22. The summed E-state index contributed by atoms with van der Waals surface area (Å²) in [7, 11) is 1.55. The van der Waals surface area contributed by atoms with E-state index >= 15 is 0 Å². The highest BCUT2D eigenvalue weighted by atomic mass is 16.5. The van der Waals surface area contributed by atoms with Crippen LogP contribution in [-0.4, -0.2) is 18.8 Å². The number of phenols is 1. The average molecular weight is 219 g/mol. The van der Waals surface area contributed by atoms with Gasteiger partial charge in [0.2, 0.25) is 0 Å². The standard InChI is InChI=1S/C11H13N3O2/c1-16-11-8-10(15)6-5-9(11)4-2-3-7-13-14-12/h2,4-6,8,15H,3,7H2,1H3. The molecule has 5 nitrogen and oxygen atoms in total. The second-order valence-electron chi connectivity index (χ2n) is 3.07.